The third-order valence-corrected chi connectivity index (χ3v) is 3.79. The first-order chi connectivity index (χ1) is 9.29. The predicted octanol–water partition coefficient (Wildman–Crippen LogP) is 0.939. The van der Waals surface area contributed by atoms with Gasteiger partial charge in [0.05, 0.1) is 43.2 Å². The Morgan fingerprint density at radius 1 is 1.37 bits per heavy atom. The van der Waals surface area contributed by atoms with E-state index in [1.807, 2.05) is 17.9 Å². The molecule has 2 aromatic rings. The van der Waals surface area contributed by atoms with Crippen LogP contribution in [0.1, 0.15) is 11.6 Å². The van der Waals surface area contributed by atoms with Gasteiger partial charge in [-0.2, -0.15) is 0 Å². The number of rotatable bonds is 3. The van der Waals surface area contributed by atoms with Gasteiger partial charge in [-0.05, 0) is 17.7 Å². The molecule has 1 N–H and O–H groups in total. The fourth-order valence-corrected chi connectivity index (χ4v) is 2.68. The highest BCUT2D eigenvalue weighted by Crippen LogP contribution is 2.24. The van der Waals surface area contributed by atoms with Gasteiger partial charge in [-0.25, -0.2) is 4.98 Å². The number of fused-ring (bicyclic) bond motifs is 1. The largest absolute Gasteiger partial charge is 0.394 e. The smallest absolute Gasteiger partial charge is 0.0955 e. The molecule has 1 aromatic carbocycles. The molecule has 1 atom stereocenters. The molecule has 5 nitrogen and oxygen atoms in total. The number of hydrogen-bond donors (Lipinski definition) is 1. The van der Waals surface area contributed by atoms with Crippen molar-refractivity contribution in [2.24, 2.45) is 7.05 Å². The summed E-state index contributed by atoms with van der Waals surface area (Å²) in [7, 11) is 1.99. The number of benzene rings is 1. The van der Waals surface area contributed by atoms with Crippen LogP contribution in [0.15, 0.2) is 24.5 Å². The molecule has 2 heterocycles. The summed E-state index contributed by atoms with van der Waals surface area (Å²) in [6, 6.07) is 6.27. The first kappa shape index (κ1) is 12.6. The maximum Gasteiger partial charge on any atom is 0.0955 e. The van der Waals surface area contributed by atoms with E-state index in [2.05, 4.69) is 28.1 Å². The molecule has 1 aliphatic heterocycles. The van der Waals surface area contributed by atoms with E-state index in [9.17, 15) is 5.11 Å². The van der Waals surface area contributed by atoms with Crippen molar-refractivity contribution in [2.45, 2.75) is 6.04 Å². The van der Waals surface area contributed by atoms with Gasteiger partial charge in [-0.15, -0.1) is 0 Å². The summed E-state index contributed by atoms with van der Waals surface area (Å²) in [5.41, 5.74) is 3.21. The first-order valence-corrected chi connectivity index (χ1v) is 6.63. The quantitative estimate of drug-likeness (QED) is 0.893. The lowest BCUT2D eigenvalue weighted by molar-refractivity contribution is 0.00262. The predicted molar refractivity (Wildman–Crippen MR) is 72.9 cm³/mol. The van der Waals surface area contributed by atoms with Gasteiger partial charge < -0.3 is 14.4 Å². The van der Waals surface area contributed by atoms with Crippen LogP contribution in [-0.4, -0.2) is 52.5 Å². The van der Waals surface area contributed by atoms with Crippen LogP contribution in [0.4, 0.5) is 0 Å². The van der Waals surface area contributed by atoms with Crippen LogP contribution in [0.5, 0.6) is 0 Å². The highest BCUT2D eigenvalue weighted by molar-refractivity contribution is 5.76. The first-order valence-electron chi connectivity index (χ1n) is 6.63. The van der Waals surface area contributed by atoms with E-state index >= 15 is 0 Å². The van der Waals surface area contributed by atoms with Gasteiger partial charge in [0.25, 0.3) is 0 Å². The van der Waals surface area contributed by atoms with Crippen molar-refractivity contribution in [2.75, 3.05) is 32.9 Å². The van der Waals surface area contributed by atoms with Crippen LogP contribution >= 0.6 is 0 Å². The Morgan fingerprint density at radius 3 is 2.89 bits per heavy atom. The molecular weight excluding hydrogens is 242 g/mol. The molecule has 1 aliphatic rings. The maximum atomic E-state index is 9.70. The Labute approximate surface area is 112 Å². The summed E-state index contributed by atoms with van der Waals surface area (Å²) in [5, 5.41) is 9.70. The molecule has 1 fully saturated rings. The monoisotopic (exact) mass is 261 g/mol. The van der Waals surface area contributed by atoms with Crippen LogP contribution in [0.25, 0.3) is 11.0 Å². The second-order valence-corrected chi connectivity index (χ2v) is 4.95. The number of aromatic nitrogens is 2. The van der Waals surface area contributed by atoms with Gasteiger partial charge in [0, 0.05) is 20.1 Å². The minimum Gasteiger partial charge on any atom is -0.394 e. The molecule has 0 bridgehead atoms. The third-order valence-electron chi connectivity index (χ3n) is 3.79. The Kier molecular flexibility index (Phi) is 3.50. The molecule has 0 amide bonds. The van der Waals surface area contributed by atoms with Gasteiger partial charge in [0.2, 0.25) is 0 Å². The summed E-state index contributed by atoms with van der Waals surface area (Å²) in [6.07, 6.45) is 1.82. The van der Waals surface area contributed by atoms with Crippen LogP contribution in [0, 0.1) is 0 Å². The SMILES string of the molecule is Cn1cnc2cc(C(CO)N3CCOCC3)ccc21. The fourth-order valence-electron chi connectivity index (χ4n) is 2.68. The van der Waals surface area contributed by atoms with Gasteiger partial charge >= 0.3 is 0 Å². The van der Waals surface area contributed by atoms with Gasteiger partial charge in [0.15, 0.2) is 0 Å². The number of aliphatic hydroxyl groups is 1. The molecule has 0 aliphatic carbocycles. The molecule has 102 valence electrons. The van der Waals surface area contributed by atoms with E-state index in [1.54, 1.807) is 0 Å². The summed E-state index contributed by atoms with van der Waals surface area (Å²) in [4.78, 5) is 6.65. The van der Waals surface area contributed by atoms with Crippen LogP contribution in [0.2, 0.25) is 0 Å². The van der Waals surface area contributed by atoms with Crippen molar-refractivity contribution in [1.82, 2.24) is 14.5 Å². The zero-order valence-corrected chi connectivity index (χ0v) is 11.1. The molecule has 1 saturated heterocycles. The molecule has 5 heteroatoms. The van der Waals surface area contributed by atoms with E-state index in [0.717, 1.165) is 42.9 Å². The van der Waals surface area contributed by atoms with Gasteiger partial charge in [-0.1, -0.05) is 6.07 Å². The Hall–Kier alpha value is -1.43. The fraction of sp³-hybridized carbons (Fsp3) is 0.500. The minimum atomic E-state index is 0.0373. The zero-order chi connectivity index (χ0) is 13.2. The average Bonchev–Trinajstić information content (AvgIpc) is 2.82. The van der Waals surface area contributed by atoms with Crippen molar-refractivity contribution in [3.05, 3.63) is 30.1 Å². The summed E-state index contributed by atoms with van der Waals surface area (Å²) >= 11 is 0. The van der Waals surface area contributed by atoms with E-state index < -0.39 is 0 Å². The summed E-state index contributed by atoms with van der Waals surface area (Å²) in [6.45, 7) is 3.33. The Bertz CT molecular complexity index is 561. The number of morpholine rings is 1. The van der Waals surface area contributed by atoms with Gasteiger partial charge in [0.1, 0.15) is 0 Å². The van der Waals surface area contributed by atoms with E-state index in [4.69, 9.17) is 4.74 Å². The molecular formula is C14H19N3O2. The maximum absolute atomic E-state index is 9.70. The van der Waals surface area contributed by atoms with Crippen molar-refractivity contribution in [3.8, 4) is 0 Å². The van der Waals surface area contributed by atoms with Crippen molar-refractivity contribution < 1.29 is 9.84 Å². The lowest BCUT2D eigenvalue weighted by atomic mass is 10.0. The molecule has 0 saturated carbocycles. The van der Waals surface area contributed by atoms with Crippen LogP contribution < -0.4 is 0 Å². The highest BCUT2D eigenvalue weighted by Gasteiger charge is 2.22. The van der Waals surface area contributed by atoms with Crippen molar-refractivity contribution in [3.63, 3.8) is 0 Å². The number of imidazole rings is 1. The number of ether oxygens (including phenoxy) is 1. The average molecular weight is 261 g/mol. The van der Waals surface area contributed by atoms with E-state index in [-0.39, 0.29) is 12.6 Å². The second kappa shape index (κ2) is 5.28. The van der Waals surface area contributed by atoms with Crippen molar-refractivity contribution in [1.29, 1.82) is 0 Å². The lowest BCUT2D eigenvalue weighted by Crippen LogP contribution is -2.40. The standard InChI is InChI=1S/C14H19N3O2/c1-16-10-15-12-8-11(2-3-13(12)16)14(9-18)17-4-6-19-7-5-17/h2-3,8,10,14,18H,4-7,9H2,1H3. The molecule has 0 radical (unpaired) electrons. The Balaban J connectivity index is 1.91. The van der Waals surface area contributed by atoms with Gasteiger partial charge in [-0.3, -0.25) is 4.90 Å². The molecule has 0 spiro atoms. The number of nitrogens with zero attached hydrogens (tertiary/aromatic N) is 3. The minimum absolute atomic E-state index is 0.0373. The zero-order valence-electron chi connectivity index (χ0n) is 11.1. The van der Waals surface area contributed by atoms with E-state index in [1.165, 1.54) is 0 Å². The topological polar surface area (TPSA) is 50.5 Å². The number of hydrogen-bond acceptors (Lipinski definition) is 4. The molecule has 1 aromatic heterocycles. The number of aliphatic hydroxyl groups excluding tert-OH is 1. The van der Waals surface area contributed by atoms with Crippen molar-refractivity contribution >= 4 is 11.0 Å². The van der Waals surface area contributed by atoms with Crippen LogP contribution in [-0.2, 0) is 11.8 Å². The molecule has 19 heavy (non-hydrogen) atoms. The Morgan fingerprint density at radius 2 is 2.16 bits per heavy atom. The normalized spacial score (nSPS) is 18.8. The third kappa shape index (κ3) is 2.36. The summed E-state index contributed by atoms with van der Waals surface area (Å²) < 4.78 is 7.37. The van der Waals surface area contributed by atoms with E-state index in [0.29, 0.717) is 0 Å². The van der Waals surface area contributed by atoms with Crippen LogP contribution in [0.3, 0.4) is 0 Å². The highest BCUT2D eigenvalue weighted by atomic mass is 16.5. The molecule has 3 rings (SSSR count). The lowest BCUT2D eigenvalue weighted by Gasteiger charge is -2.33. The second-order valence-electron chi connectivity index (χ2n) is 4.95. The number of aryl methyl sites for hydroxylation is 1. The summed E-state index contributed by atoms with van der Waals surface area (Å²) in [5.74, 6) is 0. The molecule has 1 unspecified atom stereocenters.